The van der Waals surface area contributed by atoms with Gasteiger partial charge in [0.15, 0.2) is 0 Å². The zero-order chi connectivity index (χ0) is 7.56. The molecule has 0 saturated carbocycles. The molecule has 0 radical (unpaired) electrons. The summed E-state index contributed by atoms with van der Waals surface area (Å²) in [7, 11) is 0. The van der Waals surface area contributed by atoms with E-state index in [-0.39, 0.29) is 0 Å². The van der Waals surface area contributed by atoms with Gasteiger partial charge in [0.25, 0.3) is 0 Å². The van der Waals surface area contributed by atoms with Gasteiger partial charge < -0.3 is 5.32 Å². The number of thioether (sulfide) groups is 1. The lowest BCUT2D eigenvalue weighted by Crippen LogP contribution is -2.41. The maximum Gasteiger partial charge on any atom is 0.0196 e. The third-order valence-corrected chi connectivity index (χ3v) is 3.80. The van der Waals surface area contributed by atoms with E-state index in [2.05, 4.69) is 37.8 Å². The van der Waals surface area contributed by atoms with Crippen LogP contribution in [0.25, 0.3) is 0 Å². The first-order valence-corrected chi connectivity index (χ1v) is 5.10. The van der Waals surface area contributed by atoms with Crippen molar-refractivity contribution in [2.45, 2.75) is 32.1 Å². The maximum atomic E-state index is 3.49. The van der Waals surface area contributed by atoms with Gasteiger partial charge in [-0.25, -0.2) is 0 Å². The third kappa shape index (κ3) is 2.17. The van der Waals surface area contributed by atoms with Crippen molar-refractivity contribution in [3.8, 4) is 0 Å². The number of hydrogen-bond acceptors (Lipinski definition) is 2. The first kappa shape index (κ1) is 8.41. The van der Waals surface area contributed by atoms with E-state index in [4.69, 9.17) is 0 Å². The third-order valence-electron chi connectivity index (χ3n) is 1.97. The SMILES string of the molecule is CC1CSC(C(C)C)CN1. The first-order valence-electron chi connectivity index (χ1n) is 4.05. The van der Waals surface area contributed by atoms with E-state index in [0.29, 0.717) is 0 Å². The lowest BCUT2D eigenvalue weighted by atomic mass is 10.1. The quantitative estimate of drug-likeness (QED) is 0.625. The Morgan fingerprint density at radius 2 is 2.20 bits per heavy atom. The molecule has 1 aliphatic rings. The molecule has 1 nitrogen and oxygen atoms in total. The predicted molar refractivity (Wildman–Crippen MR) is 48.5 cm³/mol. The number of rotatable bonds is 1. The fourth-order valence-electron chi connectivity index (χ4n) is 1.13. The highest BCUT2D eigenvalue weighted by molar-refractivity contribution is 8.00. The average molecular weight is 159 g/mol. The van der Waals surface area contributed by atoms with Gasteiger partial charge in [-0.2, -0.15) is 11.8 Å². The molecule has 0 bridgehead atoms. The van der Waals surface area contributed by atoms with Crippen molar-refractivity contribution in [3.05, 3.63) is 0 Å². The zero-order valence-electron chi connectivity index (χ0n) is 7.05. The largest absolute Gasteiger partial charge is 0.312 e. The van der Waals surface area contributed by atoms with E-state index in [1.165, 1.54) is 12.3 Å². The van der Waals surface area contributed by atoms with Gasteiger partial charge in [-0.1, -0.05) is 13.8 Å². The molecule has 2 unspecified atom stereocenters. The van der Waals surface area contributed by atoms with E-state index in [1.54, 1.807) is 0 Å². The maximum absolute atomic E-state index is 3.49. The van der Waals surface area contributed by atoms with Crippen LogP contribution in [0.2, 0.25) is 0 Å². The summed E-state index contributed by atoms with van der Waals surface area (Å²) < 4.78 is 0. The molecule has 0 aromatic rings. The van der Waals surface area contributed by atoms with Gasteiger partial charge in [-0.15, -0.1) is 0 Å². The lowest BCUT2D eigenvalue weighted by Gasteiger charge is -2.29. The van der Waals surface area contributed by atoms with E-state index >= 15 is 0 Å². The van der Waals surface area contributed by atoms with Crippen LogP contribution in [-0.4, -0.2) is 23.6 Å². The Bertz CT molecular complexity index is 95.4. The molecule has 1 aliphatic heterocycles. The second-order valence-electron chi connectivity index (χ2n) is 3.43. The van der Waals surface area contributed by atoms with Gasteiger partial charge in [0, 0.05) is 23.6 Å². The standard InChI is InChI=1S/C8H17NS/c1-6(2)8-4-9-7(3)5-10-8/h6-9H,4-5H2,1-3H3. The first-order chi connectivity index (χ1) is 4.70. The predicted octanol–water partition coefficient (Wildman–Crippen LogP) is 1.74. The van der Waals surface area contributed by atoms with Crippen molar-refractivity contribution in [3.63, 3.8) is 0 Å². The molecule has 1 N–H and O–H groups in total. The molecule has 2 atom stereocenters. The van der Waals surface area contributed by atoms with E-state index in [9.17, 15) is 0 Å². The summed E-state index contributed by atoms with van der Waals surface area (Å²) in [5.41, 5.74) is 0. The van der Waals surface area contributed by atoms with Crippen LogP contribution in [0.3, 0.4) is 0 Å². The number of nitrogens with one attached hydrogen (secondary N) is 1. The van der Waals surface area contributed by atoms with Crippen LogP contribution in [-0.2, 0) is 0 Å². The highest BCUT2D eigenvalue weighted by Crippen LogP contribution is 2.22. The zero-order valence-corrected chi connectivity index (χ0v) is 7.87. The Kier molecular flexibility index (Phi) is 3.05. The molecule has 0 aliphatic carbocycles. The molecule has 0 aromatic heterocycles. The van der Waals surface area contributed by atoms with Crippen LogP contribution in [0, 0.1) is 5.92 Å². The highest BCUT2D eigenvalue weighted by atomic mass is 32.2. The van der Waals surface area contributed by atoms with Crippen LogP contribution < -0.4 is 5.32 Å². The molecule has 1 heterocycles. The van der Waals surface area contributed by atoms with Crippen molar-refractivity contribution in [1.82, 2.24) is 5.32 Å². The fraction of sp³-hybridized carbons (Fsp3) is 1.00. The van der Waals surface area contributed by atoms with Gasteiger partial charge in [0.1, 0.15) is 0 Å². The summed E-state index contributed by atoms with van der Waals surface area (Å²) in [6.45, 7) is 8.05. The molecule has 1 rings (SSSR count). The topological polar surface area (TPSA) is 12.0 Å². The van der Waals surface area contributed by atoms with Gasteiger partial charge >= 0.3 is 0 Å². The van der Waals surface area contributed by atoms with Crippen LogP contribution in [0.15, 0.2) is 0 Å². The summed E-state index contributed by atoms with van der Waals surface area (Å²) in [6, 6.07) is 0.722. The van der Waals surface area contributed by atoms with Crippen molar-refractivity contribution in [2.24, 2.45) is 5.92 Å². The van der Waals surface area contributed by atoms with Crippen LogP contribution in [0.1, 0.15) is 20.8 Å². The molecule has 0 aromatic carbocycles. The molecule has 0 spiro atoms. The molecular weight excluding hydrogens is 142 g/mol. The van der Waals surface area contributed by atoms with Gasteiger partial charge in [-0.3, -0.25) is 0 Å². The van der Waals surface area contributed by atoms with Crippen molar-refractivity contribution in [2.75, 3.05) is 12.3 Å². The summed E-state index contributed by atoms with van der Waals surface area (Å²) in [4.78, 5) is 0. The van der Waals surface area contributed by atoms with Crippen molar-refractivity contribution in [1.29, 1.82) is 0 Å². The Morgan fingerprint density at radius 1 is 1.50 bits per heavy atom. The molecule has 1 fully saturated rings. The van der Waals surface area contributed by atoms with Gasteiger partial charge in [-0.05, 0) is 12.8 Å². The summed E-state index contributed by atoms with van der Waals surface area (Å²) in [5.74, 6) is 2.10. The average Bonchev–Trinajstić information content (AvgIpc) is 1.88. The van der Waals surface area contributed by atoms with Crippen molar-refractivity contribution < 1.29 is 0 Å². The van der Waals surface area contributed by atoms with E-state index < -0.39 is 0 Å². The van der Waals surface area contributed by atoms with Crippen LogP contribution in [0.4, 0.5) is 0 Å². The van der Waals surface area contributed by atoms with Crippen molar-refractivity contribution >= 4 is 11.8 Å². The van der Waals surface area contributed by atoms with Crippen LogP contribution in [0.5, 0.6) is 0 Å². The van der Waals surface area contributed by atoms with Gasteiger partial charge in [0.05, 0.1) is 0 Å². The molecule has 1 saturated heterocycles. The minimum atomic E-state index is 0.722. The lowest BCUT2D eigenvalue weighted by molar-refractivity contribution is 0.500. The molecule has 0 amide bonds. The smallest absolute Gasteiger partial charge is 0.0196 e. The minimum Gasteiger partial charge on any atom is -0.312 e. The Hall–Kier alpha value is 0.310. The van der Waals surface area contributed by atoms with E-state index in [0.717, 1.165) is 17.2 Å². The Labute approximate surface area is 68.0 Å². The van der Waals surface area contributed by atoms with Crippen LogP contribution >= 0.6 is 11.8 Å². The summed E-state index contributed by atoms with van der Waals surface area (Å²) in [6.07, 6.45) is 0. The molecule has 60 valence electrons. The summed E-state index contributed by atoms with van der Waals surface area (Å²) >= 11 is 2.12. The Morgan fingerprint density at radius 3 is 2.60 bits per heavy atom. The second kappa shape index (κ2) is 3.63. The Balaban J connectivity index is 2.26. The molecule has 2 heteroatoms. The fourth-order valence-corrected chi connectivity index (χ4v) is 2.38. The van der Waals surface area contributed by atoms with E-state index in [1.807, 2.05) is 0 Å². The number of hydrogen-bond donors (Lipinski definition) is 1. The highest BCUT2D eigenvalue weighted by Gasteiger charge is 2.19. The molecule has 10 heavy (non-hydrogen) atoms. The minimum absolute atomic E-state index is 0.722. The van der Waals surface area contributed by atoms with Gasteiger partial charge in [0.2, 0.25) is 0 Å². The summed E-state index contributed by atoms with van der Waals surface area (Å²) in [5, 5.41) is 4.34. The second-order valence-corrected chi connectivity index (χ2v) is 4.70. The monoisotopic (exact) mass is 159 g/mol. The normalized spacial score (nSPS) is 34.8. The molecular formula is C8H17NS.